The number of carbonyl (C=O) groups is 2. The van der Waals surface area contributed by atoms with Gasteiger partial charge in [0.1, 0.15) is 11.8 Å². The van der Waals surface area contributed by atoms with Crippen molar-refractivity contribution in [3.63, 3.8) is 0 Å². The highest BCUT2D eigenvalue weighted by Crippen LogP contribution is 2.21. The number of pyridine rings is 1. The van der Waals surface area contributed by atoms with Crippen LogP contribution in [0.4, 0.5) is 14.5 Å². The fraction of sp³-hybridized carbons (Fsp3) is 0.435. The van der Waals surface area contributed by atoms with Gasteiger partial charge in [-0.05, 0) is 63.3 Å². The van der Waals surface area contributed by atoms with E-state index in [0.717, 1.165) is 18.6 Å². The molecule has 8 nitrogen and oxygen atoms in total. The number of carbonyl (C=O) groups excluding carboxylic acids is 2. The lowest BCUT2D eigenvalue weighted by atomic mass is 9.96. The minimum absolute atomic E-state index is 0.111. The van der Waals surface area contributed by atoms with E-state index in [-0.39, 0.29) is 17.7 Å². The molecule has 0 spiro atoms. The Hall–Kier alpha value is -3.11. The van der Waals surface area contributed by atoms with Crippen molar-refractivity contribution in [2.24, 2.45) is 5.73 Å². The number of primary amides is 1. The Kier molecular flexibility index (Phi) is 10.1. The van der Waals surface area contributed by atoms with Crippen LogP contribution in [0, 0.1) is 11.6 Å². The van der Waals surface area contributed by atoms with Crippen LogP contribution in [0.15, 0.2) is 36.5 Å². The number of aromatic nitrogens is 1. The molecule has 2 atom stereocenters. The first-order valence-electron chi connectivity index (χ1n) is 10.6. The van der Waals surface area contributed by atoms with Crippen molar-refractivity contribution in [3.05, 3.63) is 53.9 Å². The Morgan fingerprint density at radius 1 is 1.21 bits per heavy atom. The molecule has 2 heterocycles. The molecule has 1 aromatic heterocycles. The molecular weight excluding hydrogens is 436 g/mol. The van der Waals surface area contributed by atoms with Gasteiger partial charge in [0, 0.05) is 19.0 Å². The maximum absolute atomic E-state index is 12.1. The number of hydrogen-bond donors (Lipinski definition) is 3. The highest BCUT2D eigenvalue weighted by Gasteiger charge is 2.28. The maximum Gasteiger partial charge on any atom is 0.267 e. The molecule has 180 valence electrons. The lowest BCUT2D eigenvalue weighted by molar-refractivity contribution is -0.126. The fourth-order valence-corrected chi connectivity index (χ4v) is 2.96. The van der Waals surface area contributed by atoms with E-state index in [2.05, 4.69) is 10.3 Å². The number of rotatable bonds is 4. The molecular formula is C23H29F2N3O5. The van der Waals surface area contributed by atoms with Gasteiger partial charge in [0.25, 0.3) is 11.8 Å². The molecule has 1 saturated carbocycles. The monoisotopic (exact) mass is 465 g/mol. The minimum atomic E-state index is -1.20. The highest BCUT2D eigenvalue weighted by molar-refractivity contribution is 5.96. The SMILES string of the molecule is CC1CCC(C(=O)Nc2ccnc(C(N)=O)c2)O1.COC1CCC1.Oc1cccc(F)c1F. The molecule has 2 aromatic rings. The summed E-state index contributed by atoms with van der Waals surface area (Å²) in [5.74, 6) is -3.72. The maximum atomic E-state index is 12.1. The first-order valence-corrected chi connectivity index (χ1v) is 10.6. The Bertz CT molecular complexity index is 917. The zero-order valence-corrected chi connectivity index (χ0v) is 18.6. The third-order valence-corrected chi connectivity index (χ3v) is 5.12. The number of nitrogens with one attached hydrogen (secondary N) is 1. The van der Waals surface area contributed by atoms with Crippen LogP contribution in [0.2, 0.25) is 0 Å². The average molecular weight is 465 g/mol. The van der Waals surface area contributed by atoms with Crippen molar-refractivity contribution >= 4 is 17.5 Å². The van der Waals surface area contributed by atoms with Gasteiger partial charge in [-0.3, -0.25) is 14.6 Å². The van der Waals surface area contributed by atoms with Crippen LogP contribution in [-0.4, -0.2) is 47.3 Å². The number of nitrogens with two attached hydrogens (primary N) is 1. The number of nitrogens with zero attached hydrogens (tertiary/aromatic N) is 1. The summed E-state index contributed by atoms with van der Waals surface area (Å²) >= 11 is 0. The van der Waals surface area contributed by atoms with Gasteiger partial charge in [0.15, 0.2) is 17.4 Å². The minimum Gasteiger partial charge on any atom is -0.505 e. The average Bonchev–Trinajstić information content (AvgIpc) is 3.19. The van der Waals surface area contributed by atoms with Gasteiger partial charge in [-0.2, -0.15) is 4.39 Å². The van der Waals surface area contributed by atoms with Crippen molar-refractivity contribution in [2.45, 2.75) is 57.3 Å². The van der Waals surface area contributed by atoms with E-state index >= 15 is 0 Å². The van der Waals surface area contributed by atoms with Crippen LogP contribution in [0.1, 0.15) is 49.5 Å². The fourth-order valence-electron chi connectivity index (χ4n) is 2.96. The highest BCUT2D eigenvalue weighted by atomic mass is 19.2. The van der Waals surface area contributed by atoms with Crippen molar-refractivity contribution in [2.75, 3.05) is 12.4 Å². The summed E-state index contributed by atoms with van der Waals surface area (Å²) in [6, 6.07) is 6.29. The number of methoxy groups -OCH3 is 1. The molecule has 1 aliphatic carbocycles. The molecule has 4 rings (SSSR count). The van der Waals surface area contributed by atoms with Gasteiger partial charge in [0.05, 0.1) is 12.2 Å². The third kappa shape index (κ3) is 8.39. The Labute approximate surface area is 191 Å². The van der Waals surface area contributed by atoms with E-state index in [1.54, 1.807) is 13.2 Å². The van der Waals surface area contributed by atoms with Gasteiger partial charge in [-0.15, -0.1) is 0 Å². The summed E-state index contributed by atoms with van der Waals surface area (Å²) < 4.78 is 34.6. The predicted octanol–water partition coefficient (Wildman–Crippen LogP) is 3.54. The Morgan fingerprint density at radius 2 is 1.94 bits per heavy atom. The van der Waals surface area contributed by atoms with Gasteiger partial charge in [-0.1, -0.05) is 6.07 Å². The van der Waals surface area contributed by atoms with E-state index in [1.807, 2.05) is 6.92 Å². The van der Waals surface area contributed by atoms with Crippen molar-refractivity contribution < 1.29 is 33.0 Å². The molecule has 0 bridgehead atoms. The van der Waals surface area contributed by atoms with Gasteiger partial charge >= 0.3 is 0 Å². The zero-order valence-electron chi connectivity index (χ0n) is 18.6. The largest absolute Gasteiger partial charge is 0.505 e. The predicted molar refractivity (Wildman–Crippen MR) is 118 cm³/mol. The van der Waals surface area contributed by atoms with Crippen molar-refractivity contribution in [1.82, 2.24) is 4.98 Å². The smallest absolute Gasteiger partial charge is 0.267 e. The molecule has 33 heavy (non-hydrogen) atoms. The summed E-state index contributed by atoms with van der Waals surface area (Å²) in [6.07, 6.45) is 7.26. The number of halogens is 2. The van der Waals surface area contributed by atoms with Crippen LogP contribution in [0.5, 0.6) is 5.75 Å². The molecule has 2 amide bonds. The van der Waals surface area contributed by atoms with Gasteiger partial charge < -0.3 is 25.6 Å². The molecule has 0 radical (unpaired) electrons. The molecule has 1 aliphatic heterocycles. The van der Waals surface area contributed by atoms with E-state index in [1.165, 1.54) is 37.6 Å². The molecule has 2 fully saturated rings. The third-order valence-electron chi connectivity index (χ3n) is 5.12. The van der Waals surface area contributed by atoms with E-state index in [4.69, 9.17) is 20.3 Å². The van der Waals surface area contributed by atoms with Crippen LogP contribution in [0.3, 0.4) is 0 Å². The molecule has 4 N–H and O–H groups in total. The zero-order chi connectivity index (χ0) is 24.4. The molecule has 1 saturated heterocycles. The number of aromatic hydroxyl groups is 1. The van der Waals surface area contributed by atoms with Crippen molar-refractivity contribution in [3.8, 4) is 5.75 Å². The Balaban J connectivity index is 0.000000211. The second-order valence-electron chi connectivity index (χ2n) is 7.66. The van der Waals surface area contributed by atoms with E-state index in [9.17, 15) is 18.4 Å². The quantitative estimate of drug-likeness (QED) is 0.635. The topological polar surface area (TPSA) is 124 Å². The Morgan fingerprint density at radius 3 is 2.39 bits per heavy atom. The summed E-state index contributed by atoms with van der Waals surface area (Å²) in [4.78, 5) is 26.6. The summed E-state index contributed by atoms with van der Waals surface area (Å²) in [5, 5.41) is 11.2. The number of phenolic OH excluding ortho intramolecular Hbond substituents is 1. The first-order chi connectivity index (χ1) is 15.7. The molecule has 2 aliphatic rings. The van der Waals surface area contributed by atoms with Gasteiger partial charge in [-0.25, -0.2) is 4.39 Å². The van der Waals surface area contributed by atoms with E-state index in [0.29, 0.717) is 18.2 Å². The number of phenols is 1. The standard InChI is InChI=1S/C12H15N3O3.C6H4F2O.C5H10O/c1-7-2-3-10(18-7)12(17)15-8-4-5-14-9(6-8)11(13)16;7-4-2-1-3-5(9)6(4)8;1-6-5-3-2-4-5/h4-7,10H,2-3H2,1H3,(H2,13,16)(H,14,15,17);1-3,9H;5H,2-4H2,1H3. The lowest BCUT2D eigenvalue weighted by Gasteiger charge is -2.22. The second kappa shape index (κ2) is 12.8. The number of ether oxygens (including phenoxy) is 2. The van der Waals surface area contributed by atoms with E-state index < -0.39 is 29.4 Å². The lowest BCUT2D eigenvalue weighted by Crippen LogP contribution is -2.28. The van der Waals surface area contributed by atoms with Crippen LogP contribution < -0.4 is 11.1 Å². The van der Waals surface area contributed by atoms with Crippen molar-refractivity contribution in [1.29, 1.82) is 0 Å². The summed E-state index contributed by atoms with van der Waals surface area (Å²) in [5.41, 5.74) is 5.73. The number of anilines is 1. The number of benzene rings is 1. The number of amides is 2. The second-order valence-corrected chi connectivity index (χ2v) is 7.66. The normalized spacial score (nSPS) is 19.3. The first kappa shape index (κ1) is 26.1. The summed E-state index contributed by atoms with van der Waals surface area (Å²) in [6.45, 7) is 1.94. The van der Waals surface area contributed by atoms with Gasteiger partial charge in [0.2, 0.25) is 0 Å². The van der Waals surface area contributed by atoms with Crippen LogP contribution in [0.25, 0.3) is 0 Å². The molecule has 2 unspecified atom stereocenters. The molecule has 10 heteroatoms. The van der Waals surface area contributed by atoms with Crippen LogP contribution in [-0.2, 0) is 14.3 Å². The van der Waals surface area contributed by atoms with Crippen LogP contribution >= 0.6 is 0 Å². The summed E-state index contributed by atoms with van der Waals surface area (Å²) in [7, 11) is 1.78. The number of hydrogen-bond acceptors (Lipinski definition) is 6. The molecule has 1 aromatic carbocycles.